The third-order valence-electron chi connectivity index (χ3n) is 9.70. The number of benzene rings is 3. The molecule has 342 valence electrons. The van der Waals surface area contributed by atoms with E-state index in [0.717, 1.165) is 74.5 Å². The summed E-state index contributed by atoms with van der Waals surface area (Å²) in [4.78, 5) is 64.1. The van der Waals surface area contributed by atoms with Crippen molar-refractivity contribution in [1.29, 1.82) is 0 Å². The number of rotatable bonds is 30. The van der Waals surface area contributed by atoms with E-state index in [0.29, 0.717) is 0 Å². The Morgan fingerprint density at radius 2 is 0.532 bits per heavy atom. The SMILES string of the molecule is CCCCCCCCCc1ccccc1OP(=O)([O-])[O-].CCCCCCCCCc1ccccc1OP(=O)([O-])[O-].CCCCCCCCCc1ccccc1OP(=O)([O-])[O-].[Al+3].[Al+3]. The molecule has 0 saturated carbocycles. The molecule has 12 nitrogen and oxygen atoms in total. The molecule has 0 heterocycles. The summed E-state index contributed by atoms with van der Waals surface area (Å²) in [6.45, 7) is 6.59. The average Bonchev–Trinajstić information content (AvgIpc) is 3.17. The summed E-state index contributed by atoms with van der Waals surface area (Å²) < 4.78 is 45.5. The van der Waals surface area contributed by atoms with E-state index in [-0.39, 0.29) is 52.0 Å². The van der Waals surface area contributed by atoms with Crippen molar-refractivity contribution >= 4 is 58.2 Å². The minimum absolute atomic E-state index is 0. The average molecular weight is 949 g/mol. The van der Waals surface area contributed by atoms with Crippen molar-refractivity contribution in [3.8, 4) is 17.2 Å². The first-order chi connectivity index (χ1) is 28.6. The molecule has 0 unspecified atom stereocenters. The number of phosphoric ester groups is 3. The Kier molecular flexibility index (Phi) is 38.2. The van der Waals surface area contributed by atoms with Crippen molar-refractivity contribution in [1.82, 2.24) is 0 Å². The molecule has 62 heavy (non-hydrogen) atoms. The number of phosphoric acid groups is 3. The molecule has 0 radical (unpaired) electrons. The zero-order chi connectivity index (χ0) is 44.5. The fourth-order valence-electron chi connectivity index (χ4n) is 6.58. The quantitative estimate of drug-likeness (QED) is 0.0348. The minimum atomic E-state index is -4.97. The molecule has 3 aromatic carbocycles. The molecule has 3 rings (SSSR count). The van der Waals surface area contributed by atoms with E-state index in [4.69, 9.17) is 0 Å². The molecule has 0 aliphatic rings. The maximum atomic E-state index is 10.7. The smallest absolute Gasteiger partial charge is 0.780 e. The van der Waals surface area contributed by atoms with Gasteiger partial charge in [0.15, 0.2) is 0 Å². The van der Waals surface area contributed by atoms with Crippen molar-refractivity contribution in [3.63, 3.8) is 0 Å². The van der Waals surface area contributed by atoms with Gasteiger partial charge in [0.2, 0.25) is 0 Å². The molecule has 0 bridgehead atoms. The zero-order valence-electron chi connectivity index (χ0n) is 37.3. The topological polar surface area (TPSA) is 217 Å². The van der Waals surface area contributed by atoms with Gasteiger partial charge in [-0.15, -0.1) is 0 Å². The summed E-state index contributed by atoms with van der Waals surface area (Å²) in [7, 11) is -14.9. The Hall–Kier alpha value is -1.43. The summed E-state index contributed by atoms with van der Waals surface area (Å²) in [5, 5.41) is 0. The van der Waals surface area contributed by atoms with Crippen LogP contribution in [0, 0.1) is 0 Å². The van der Waals surface area contributed by atoms with Crippen molar-refractivity contribution < 1.29 is 56.6 Å². The molecule has 17 heteroatoms. The van der Waals surface area contributed by atoms with E-state index >= 15 is 0 Å². The number of hydrogen-bond donors (Lipinski definition) is 0. The molecule has 0 spiro atoms. The number of unbranched alkanes of at least 4 members (excludes halogenated alkanes) is 18. The van der Waals surface area contributed by atoms with Gasteiger partial charge in [-0.3, -0.25) is 0 Å². The molecule has 0 N–H and O–H groups in total. The van der Waals surface area contributed by atoms with E-state index in [2.05, 4.69) is 34.3 Å². The minimum Gasteiger partial charge on any atom is -0.780 e. The van der Waals surface area contributed by atoms with Gasteiger partial charge in [-0.2, -0.15) is 0 Å². The van der Waals surface area contributed by atoms with Gasteiger partial charge in [-0.05, 0) is 73.4 Å². The fraction of sp³-hybridized carbons (Fsp3) is 0.600. The van der Waals surface area contributed by atoms with Gasteiger partial charge in [0, 0.05) is 0 Å². The maximum absolute atomic E-state index is 10.7. The van der Waals surface area contributed by atoms with Gasteiger partial charge in [0.25, 0.3) is 0 Å². The predicted octanol–water partition coefficient (Wildman–Crippen LogP) is 8.80. The summed E-state index contributed by atoms with van der Waals surface area (Å²) in [5.41, 5.74) is 2.36. The van der Waals surface area contributed by atoms with E-state index in [1.54, 1.807) is 18.2 Å². The molecule has 0 aliphatic carbocycles. The first-order valence-electron chi connectivity index (χ1n) is 22.0. The van der Waals surface area contributed by atoms with Crippen LogP contribution >= 0.6 is 23.5 Å². The fourth-order valence-corrected chi connectivity index (χ4v) is 7.83. The molecule has 0 aliphatic heterocycles. The predicted molar refractivity (Wildman–Crippen MR) is 241 cm³/mol. The Bertz CT molecular complexity index is 1490. The third kappa shape index (κ3) is 35.9. The van der Waals surface area contributed by atoms with Gasteiger partial charge < -0.3 is 56.6 Å². The second-order valence-electron chi connectivity index (χ2n) is 15.1. The molecule has 0 atom stereocenters. The molecule has 3 aromatic rings. The van der Waals surface area contributed by atoms with Crippen molar-refractivity contribution in [3.05, 3.63) is 89.5 Å². The van der Waals surface area contributed by atoms with Crippen molar-refractivity contribution in [2.75, 3.05) is 0 Å². The van der Waals surface area contributed by atoms with Crippen LogP contribution in [0.15, 0.2) is 72.8 Å². The van der Waals surface area contributed by atoms with Crippen LogP contribution < -0.4 is 42.9 Å². The zero-order valence-corrected chi connectivity index (χ0v) is 42.3. The Balaban J connectivity index is 0. The summed E-state index contributed by atoms with van der Waals surface area (Å²) in [5.74, 6) is 0.519. The van der Waals surface area contributed by atoms with Crippen LogP contribution in [0.4, 0.5) is 0 Å². The van der Waals surface area contributed by atoms with E-state index in [1.807, 2.05) is 36.4 Å². The normalized spacial score (nSPS) is 11.2. The van der Waals surface area contributed by atoms with Crippen LogP contribution in [0.2, 0.25) is 0 Å². The largest absolute Gasteiger partial charge is 3.00 e. The number of hydrogen-bond acceptors (Lipinski definition) is 12. The summed E-state index contributed by atoms with van der Waals surface area (Å²) in [6.07, 6.45) is 27.3. The molecule has 0 fully saturated rings. The van der Waals surface area contributed by atoms with Crippen molar-refractivity contribution in [2.24, 2.45) is 0 Å². The summed E-state index contributed by atoms with van der Waals surface area (Å²) in [6, 6.07) is 20.5. The first-order valence-corrected chi connectivity index (χ1v) is 26.3. The second kappa shape index (κ2) is 37.8. The number of para-hydroxylation sites is 3. The van der Waals surface area contributed by atoms with Crippen LogP contribution in [0.1, 0.15) is 172 Å². The van der Waals surface area contributed by atoms with Gasteiger partial charge in [-0.1, -0.05) is 191 Å². The molecule has 0 aromatic heterocycles. The summed E-state index contributed by atoms with van der Waals surface area (Å²) >= 11 is 0. The van der Waals surface area contributed by atoms with Gasteiger partial charge >= 0.3 is 34.7 Å². The van der Waals surface area contributed by atoms with E-state index < -0.39 is 23.5 Å². The van der Waals surface area contributed by atoms with Crippen LogP contribution in [-0.2, 0) is 33.0 Å². The van der Waals surface area contributed by atoms with Crippen LogP contribution in [0.3, 0.4) is 0 Å². The Morgan fingerprint density at radius 3 is 0.742 bits per heavy atom. The van der Waals surface area contributed by atoms with Crippen LogP contribution in [-0.4, -0.2) is 34.7 Å². The van der Waals surface area contributed by atoms with Gasteiger partial charge in [0.1, 0.15) is 40.7 Å². The molecule has 0 saturated heterocycles. The van der Waals surface area contributed by atoms with Crippen LogP contribution in [0.5, 0.6) is 17.2 Å². The third-order valence-corrected chi connectivity index (χ3v) is 11.0. The van der Waals surface area contributed by atoms with Crippen LogP contribution in [0.25, 0.3) is 0 Å². The Labute approximate surface area is 394 Å². The second-order valence-corrected chi connectivity index (χ2v) is 18.3. The van der Waals surface area contributed by atoms with Gasteiger partial charge in [-0.25, -0.2) is 0 Å². The molecular weight excluding hydrogens is 879 g/mol. The molecule has 0 amide bonds. The van der Waals surface area contributed by atoms with E-state index in [9.17, 15) is 43.1 Å². The van der Waals surface area contributed by atoms with Gasteiger partial charge in [0.05, 0.1) is 0 Å². The van der Waals surface area contributed by atoms with E-state index in [1.165, 1.54) is 115 Å². The Morgan fingerprint density at radius 1 is 0.339 bits per heavy atom. The maximum Gasteiger partial charge on any atom is 3.00 e. The first kappa shape index (κ1) is 62.7. The standard InChI is InChI=1S/3C15H25O4P.2Al/c3*1-2-3-4-5-6-7-8-11-14-12-9-10-13-15(14)19-20(16,17)18;;/h3*9-10,12-13H,2-8,11H2,1H3,(H2,16,17,18);;/q;;;2*+3/p-6. The van der Waals surface area contributed by atoms with Crippen molar-refractivity contribution in [2.45, 2.75) is 175 Å². The monoisotopic (exact) mass is 948 g/mol. The molecular formula is C45H69Al2O12P3. The number of aryl methyl sites for hydroxylation is 3.